The minimum atomic E-state index is -1.82. The molecule has 1 fully saturated rings. The second-order valence-electron chi connectivity index (χ2n) is 14.0. The van der Waals surface area contributed by atoms with Crippen molar-refractivity contribution in [2.75, 3.05) is 6.61 Å². The molecule has 232 valence electrons. The molecule has 0 aromatic rings. The van der Waals surface area contributed by atoms with Crippen LogP contribution in [0.25, 0.3) is 0 Å². The van der Waals surface area contributed by atoms with Crippen LogP contribution < -0.4 is 0 Å². The Hall–Kier alpha value is -1.01. The number of rotatable bonds is 19. The van der Waals surface area contributed by atoms with Gasteiger partial charge in [-0.25, -0.2) is 0 Å². The topological polar surface area (TPSA) is 66.4 Å². The number of hydrogen-bond acceptors (Lipinski definition) is 6. The lowest BCUT2D eigenvalue weighted by atomic mass is 9.89. The van der Waals surface area contributed by atoms with Crippen LogP contribution >= 0.6 is 0 Å². The van der Waals surface area contributed by atoms with E-state index in [1.165, 1.54) is 19.3 Å². The minimum Gasteiger partial charge on any atom is -0.520 e. The first-order valence-electron chi connectivity index (χ1n) is 15.6. The summed E-state index contributed by atoms with van der Waals surface area (Å²) in [7, 11) is -5.26. The van der Waals surface area contributed by atoms with Gasteiger partial charge in [-0.2, -0.15) is 0 Å². The van der Waals surface area contributed by atoms with E-state index in [-0.39, 0.29) is 30.0 Å². The average Bonchev–Trinajstić information content (AvgIpc) is 3.10. The second kappa shape index (κ2) is 17.8. The highest BCUT2D eigenvalue weighted by molar-refractivity contribution is 6.71. The SMILES string of the molecule is CCCCCC(/C=C/[C@H]1C(O[Si](C)(C)C)C/C(=N/OCC)[C@@H]1C/C=C/CCCC(=O)O[Si](C)(C)C)O[Si](C)(C)C. The van der Waals surface area contributed by atoms with Crippen LogP contribution in [0.2, 0.25) is 58.9 Å². The monoisotopic (exact) mass is 611 g/mol. The summed E-state index contributed by atoms with van der Waals surface area (Å²) in [6.07, 6.45) is 17.9. The van der Waals surface area contributed by atoms with Crippen LogP contribution in [0.5, 0.6) is 0 Å². The fraction of sp³-hybridized carbons (Fsp3) is 0.806. The molecule has 4 atom stereocenters. The summed E-state index contributed by atoms with van der Waals surface area (Å²) in [4.78, 5) is 17.6. The number of oxime groups is 1. The zero-order valence-corrected chi connectivity index (χ0v) is 30.7. The van der Waals surface area contributed by atoms with E-state index in [0.717, 1.165) is 37.8 Å². The summed E-state index contributed by atoms with van der Waals surface area (Å²) in [5.41, 5.74) is 1.09. The maximum atomic E-state index is 12.1. The van der Waals surface area contributed by atoms with E-state index in [1.807, 2.05) is 26.6 Å². The zero-order chi connectivity index (χ0) is 30.4. The molecule has 1 aliphatic rings. The summed E-state index contributed by atoms with van der Waals surface area (Å²) < 4.78 is 18.9. The largest absolute Gasteiger partial charge is 0.520 e. The van der Waals surface area contributed by atoms with Gasteiger partial charge in [-0.1, -0.05) is 55.6 Å². The molecule has 0 aromatic heterocycles. The van der Waals surface area contributed by atoms with Crippen LogP contribution in [0.4, 0.5) is 0 Å². The summed E-state index contributed by atoms with van der Waals surface area (Å²) in [5.74, 6) is 0.377. The Morgan fingerprint density at radius 1 is 0.950 bits per heavy atom. The molecule has 0 bridgehead atoms. The molecular weight excluding hydrogens is 551 g/mol. The molecule has 1 aliphatic carbocycles. The fourth-order valence-electron chi connectivity index (χ4n) is 4.97. The van der Waals surface area contributed by atoms with Crippen molar-refractivity contribution >= 4 is 36.6 Å². The van der Waals surface area contributed by atoms with Gasteiger partial charge in [0.25, 0.3) is 5.97 Å². The molecule has 0 aliphatic heterocycles. The number of carbonyl (C=O) groups is 1. The van der Waals surface area contributed by atoms with E-state index in [2.05, 4.69) is 75.7 Å². The number of carbonyl (C=O) groups excluding carboxylic acids is 1. The third-order valence-electron chi connectivity index (χ3n) is 6.42. The Kier molecular flexibility index (Phi) is 16.5. The minimum absolute atomic E-state index is 0.0694. The van der Waals surface area contributed by atoms with Crippen LogP contribution in [0.15, 0.2) is 29.5 Å². The van der Waals surface area contributed by atoms with Gasteiger partial charge < -0.3 is 18.1 Å². The number of hydrogen-bond donors (Lipinski definition) is 0. The lowest BCUT2D eigenvalue weighted by molar-refractivity contribution is -0.135. The highest BCUT2D eigenvalue weighted by Crippen LogP contribution is 2.38. The van der Waals surface area contributed by atoms with Crippen molar-refractivity contribution in [1.29, 1.82) is 0 Å². The van der Waals surface area contributed by atoms with E-state index >= 15 is 0 Å². The van der Waals surface area contributed by atoms with Gasteiger partial charge in [0.15, 0.2) is 16.6 Å². The molecule has 2 unspecified atom stereocenters. The molecule has 9 heteroatoms. The predicted molar refractivity (Wildman–Crippen MR) is 177 cm³/mol. The van der Waals surface area contributed by atoms with E-state index in [4.69, 9.17) is 18.1 Å². The van der Waals surface area contributed by atoms with E-state index in [9.17, 15) is 4.79 Å². The molecule has 0 amide bonds. The molecule has 0 aromatic carbocycles. The van der Waals surface area contributed by atoms with Crippen molar-refractivity contribution in [2.24, 2.45) is 17.0 Å². The predicted octanol–water partition coefficient (Wildman–Crippen LogP) is 9.09. The van der Waals surface area contributed by atoms with Crippen molar-refractivity contribution in [1.82, 2.24) is 0 Å². The Morgan fingerprint density at radius 3 is 2.23 bits per heavy atom. The lowest BCUT2D eigenvalue weighted by Gasteiger charge is -2.29. The molecule has 0 heterocycles. The van der Waals surface area contributed by atoms with Crippen LogP contribution in [0.1, 0.15) is 71.6 Å². The molecule has 1 saturated carbocycles. The molecule has 1 rings (SSSR count). The first-order chi connectivity index (χ1) is 18.5. The van der Waals surface area contributed by atoms with Crippen molar-refractivity contribution in [2.45, 2.75) is 143 Å². The smallest absolute Gasteiger partial charge is 0.292 e. The van der Waals surface area contributed by atoms with Crippen molar-refractivity contribution in [3.63, 3.8) is 0 Å². The van der Waals surface area contributed by atoms with Gasteiger partial charge in [-0.3, -0.25) is 4.79 Å². The van der Waals surface area contributed by atoms with E-state index in [0.29, 0.717) is 13.0 Å². The van der Waals surface area contributed by atoms with Gasteiger partial charge >= 0.3 is 0 Å². The zero-order valence-electron chi connectivity index (χ0n) is 27.7. The first kappa shape index (κ1) is 37.0. The van der Waals surface area contributed by atoms with Crippen LogP contribution in [-0.4, -0.2) is 55.4 Å². The summed E-state index contributed by atoms with van der Waals surface area (Å²) in [5, 5.41) is 4.58. The molecule has 0 N–H and O–H groups in total. The lowest BCUT2D eigenvalue weighted by Crippen LogP contribution is -2.35. The Balaban J connectivity index is 3.08. The van der Waals surface area contributed by atoms with Crippen molar-refractivity contribution < 1.29 is 22.9 Å². The van der Waals surface area contributed by atoms with Gasteiger partial charge in [-0.15, -0.1) is 0 Å². The number of unbranched alkanes of at least 4 members (excludes halogenated alkanes) is 3. The van der Waals surface area contributed by atoms with E-state index in [1.54, 1.807) is 0 Å². The van der Waals surface area contributed by atoms with Gasteiger partial charge in [-0.05, 0) is 91.5 Å². The molecule has 0 radical (unpaired) electrons. The average molecular weight is 612 g/mol. The molecule has 0 spiro atoms. The molecule has 0 saturated heterocycles. The summed E-state index contributed by atoms with van der Waals surface area (Å²) in [6, 6.07) is 0. The molecular formula is C31H61NO5Si3. The highest BCUT2D eigenvalue weighted by atomic mass is 28.4. The van der Waals surface area contributed by atoms with Crippen molar-refractivity contribution in [3.05, 3.63) is 24.3 Å². The maximum absolute atomic E-state index is 12.1. The van der Waals surface area contributed by atoms with Gasteiger partial charge in [0.1, 0.15) is 6.61 Å². The normalized spacial score (nSPS) is 22.5. The Morgan fingerprint density at radius 2 is 1.65 bits per heavy atom. The number of allylic oxidation sites excluding steroid dienone is 2. The Bertz CT molecular complexity index is 824. The summed E-state index contributed by atoms with van der Waals surface area (Å²) in [6.45, 7) is 24.5. The van der Waals surface area contributed by atoms with Crippen molar-refractivity contribution in [3.8, 4) is 0 Å². The highest BCUT2D eigenvalue weighted by Gasteiger charge is 2.42. The van der Waals surface area contributed by atoms with Gasteiger partial charge in [0.05, 0.1) is 17.9 Å². The quantitative estimate of drug-likeness (QED) is 0.0631. The third kappa shape index (κ3) is 17.1. The van der Waals surface area contributed by atoms with Crippen LogP contribution in [0, 0.1) is 11.8 Å². The Labute approximate surface area is 249 Å². The maximum Gasteiger partial charge on any atom is 0.292 e. The van der Waals surface area contributed by atoms with Crippen LogP contribution in [-0.2, 0) is 22.9 Å². The molecule has 40 heavy (non-hydrogen) atoms. The molecule has 6 nitrogen and oxygen atoms in total. The van der Waals surface area contributed by atoms with Crippen LogP contribution in [0.3, 0.4) is 0 Å². The number of nitrogens with zero attached hydrogens (tertiary/aromatic N) is 1. The second-order valence-corrected chi connectivity index (χ2v) is 27.3. The standard InChI is InChI=1S/C31H61NO5Si3/c1-12-14-17-20-26(35-38(3,4)5)23-24-28-27(21-18-15-16-19-22-31(33)37-40(9,10)11)29(32-34-13-2)25-30(28)36-39(6,7)8/h15,18,23-24,26-28,30H,12-14,16-17,19-22,25H2,1-11H3/b18-15+,24-23+,32-29-/t26?,27-,28-,30?/m1/s1. The van der Waals surface area contributed by atoms with E-state index < -0.39 is 25.0 Å². The summed E-state index contributed by atoms with van der Waals surface area (Å²) >= 11 is 0. The first-order valence-corrected chi connectivity index (χ1v) is 25.9. The third-order valence-corrected chi connectivity index (χ3v) is 9.28. The fourth-order valence-corrected chi connectivity index (χ4v) is 8.01. The van der Waals surface area contributed by atoms with Gasteiger partial charge in [0.2, 0.25) is 8.32 Å². The van der Waals surface area contributed by atoms with Gasteiger partial charge in [0, 0.05) is 24.7 Å².